The number of rotatable bonds is 27. The quantitative estimate of drug-likeness (QED) is 0.0356. The largest absolute Gasteiger partial charge is 0.365 e. The van der Waals surface area contributed by atoms with Gasteiger partial charge in [0.2, 0.25) is 5.91 Å². The molecule has 0 saturated heterocycles. The van der Waals surface area contributed by atoms with Crippen molar-refractivity contribution in [3.05, 3.63) is 0 Å². The number of carbonyl (C=O) groups excluding carboxylic acids is 1. The molecule has 0 aliphatic carbocycles. The first kappa shape index (κ1) is 44.3. The van der Waals surface area contributed by atoms with E-state index in [2.05, 4.69) is 71.8 Å². The van der Waals surface area contributed by atoms with Crippen LogP contribution in [0, 0.1) is 5.92 Å². The van der Waals surface area contributed by atoms with E-state index in [1.807, 2.05) is 21.0 Å². The molecule has 12 heteroatoms. The number of quaternary nitrogens is 1. The molecule has 0 aromatic carbocycles. The van der Waals surface area contributed by atoms with E-state index in [0.717, 1.165) is 52.2 Å². The average Bonchev–Trinajstić information content (AvgIpc) is 2.95. The standard InChI is InChI=1S/C16H37N5O2.C12H29N3O.HI/c1-6-9-18-10-15(17-5)20-13-23-11-14(4)16(22)19-12-21(7-2)8-3;1-4-6-7-8-9-15-10-12(13-3)16-11-14-5-2;/h14-15,17-18,20H,6-13H2,1-5H3,(H,19,22);12-15H,4-11H2,1-3H3;1H/p+1. The highest BCUT2D eigenvalue weighted by molar-refractivity contribution is 14.0. The number of ether oxygens (including phenoxy) is 2. The minimum atomic E-state index is -0.141. The van der Waals surface area contributed by atoms with Gasteiger partial charge < -0.3 is 35.6 Å². The van der Waals surface area contributed by atoms with Crippen molar-refractivity contribution in [3.63, 3.8) is 0 Å². The van der Waals surface area contributed by atoms with Gasteiger partial charge in [-0.15, -0.1) is 24.0 Å². The highest BCUT2D eigenvalue weighted by Gasteiger charge is 2.15. The molecule has 0 saturated carbocycles. The molecule has 40 heavy (non-hydrogen) atoms. The van der Waals surface area contributed by atoms with Crippen LogP contribution >= 0.6 is 24.0 Å². The van der Waals surface area contributed by atoms with E-state index in [1.54, 1.807) is 0 Å². The predicted octanol–water partition coefficient (Wildman–Crippen LogP) is 0.633. The second-order valence-electron chi connectivity index (χ2n) is 9.80. The Kier molecular flexibility index (Phi) is 38.8. The summed E-state index contributed by atoms with van der Waals surface area (Å²) >= 11 is 0. The summed E-state index contributed by atoms with van der Waals surface area (Å²) in [4.78, 5) is 13.4. The molecule has 0 rings (SSSR count). The fourth-order valence-electron chi connectivity index (χ4n) is 3.47. The fourth-order valence-corrected chi connectivity index (χ4v) is 3.47. The number of amides is 1. The summed E-state index contributed by atoms with van der Waals surface area (Å²) in [6, 6.07) is 0. The Morgan fingerprint density at radius 1 is 0.825 bits per heavy atom. The van der Waals surface area contributed by atoms with Gasteiger partial charge in [-0.05, 0) is 60.4 Å². The third-order valence-electron chi connectivity index (χ3n) is 6.38. The van der Waals surface area contributed by atoms with Gasteiger partial charge in [-0.25, -0.2) is 0 Å². The predicted molar refractivity (Wildman–Crippen MR) is 179 cm³/mol. The zero-order valence-electron chi connectivity index (χ0n) is 27.2. The van der Waals surface area contributed by atoms with Crippen LogP contribution in [0.15, 0.2) is 0 Å². The lowest BCUT2D eigenvalue weighted by molar-refractivity contribution is -0.898. The molecular weight excluding hydrogens is 623 g/mol. The van der Waals surface area contributed by atoms with Crippen molar-refractivity contribution in [2.75, 3.05) is 86.6 Å². The Balaban J connectivity index is -0.000000710. The normalized spacial score (nSPS) is 13.2. The summed E-state index contributed by atoms with van der Waals surface area (Å²) in [5.74, 6) is -0.0859. The van der Waals surface area contributed by atoms with Gasteiger partial charge in [0, 0.05) is 13.1 Å². The zero-order valence-corrected chi connectivity index (χ0v) is 29.5. The summed E-state index contributed by atoms with van der Waals surface area (Å²) in [5.41, 5.74) is 0. The number of unbranched alkanes of at least 4 members (excludes halogenated alkanes) is 3. The molecule has 0 spiro atoms. The molecule has 8 N–H and O–H groups in total. The molecule has 0 aromatic rings. The van der Waals surface area contributed by atoms with Gasteiger partial charge in [0.15, 0.2) is 6.67 Å². The van der Waals surface area contributed by atoms with E-state index in [-0.39, 0.29) is 48.2 Å². The lowest BCUT2D eigenvalue weighted by Crippen LogP contribution is -3.13. The maximum absolute atomic E-state index is 12.0. The topological polar surface area (TPSA) is 124 Å². The third-order valence-corrected chi connectivity index (χ3v) is 6.38. The first-order valence-electron chi connectivity index (χ1n) is 15.4. The van der Waals surface area contributed by atoms with Gasteiger partial charge in [-0.3, -0.25) is 20.7 Å². The first-order chi connectivity index (χ1) is 18.9. The number of hydrogen-bond acceptors (Lipinski definition) is 9. The molecule has 0 aliphatic rings. The minimum Gasteiger partial charge on any atom is -0.365 e. The fraction of sp³-hybridized carbons (Fsp3) is 0.964. The lowest BCUT2D eigenvalue weighted by atomic mass is 10.2. The molecule has 0 radical (unpaired) electrons. The first-order valence-corrected chi connectivity index (χ1v) is 15.4. The number of carbonyl (C=O) groups is 1. The van der Waals surface area contributed by atoms with Crippen LogP contribution in [0.1, 0.15) is 73.6 Å². The van der Waals surface area contributed by atoms with E-state index < -0.39 is 0 Å². The zero-order chi connectivity index (χ0) is 29.6. The van der Waals surface area contributed by atoms with Gasteiger partial charge in [-0.2, -0.15) is 0 Å². The van der Waals surface area contributed by atoms with Crippen molar-refractivity contribution in [1.82, 2.24) is 37.2 Å². The molecule has 3 unspecified atom stereocenters. The van der Waals surface area contributed by atoms with E-state index >= 15 is 0 Å². The Labute approximate surface area is 264 Å². The maximum atomic E-state index is 12.0. The van der Waals surface area contributed by atoms with Crippen LogP contribution in [-0.4, -0.2) is 105 Å². The Morgan fingerprint density at radius 3 is 2.10 bits per heavy atom. The van der Waals surface area contributed by atoms with Crippen LogP contribution in [0.4, 0.5) is 0 Å². The van der Waals surface area contributed by atoms with Crippen LogP contribution in [0.2, 0.25) is 0 Å². The molecule has 0 bridgehead atoms. The van der Waals surface area contributed by atoms with Crippen molar-refractivity contribution in [1.29, 1.82) is 0 Å². The van der Waals surface area contributed by atoms with Crippen molar-refractivity contribution >= 4 is 29.9 Å². The van der Waals surface area contributed by atoms with Gasteiger partial charge in [0.05, 0.1) is 45.2 Å². The van der Waals surface area contributed by atoms with E-state index in [4.69, 9.17) is 9.47 Å². The average molecular weight is 692 g/mol. The van der Waals surface area contributed by atoms with Crippen LogP contribution < -0.4 is 42.1 Å². The summed E-state index contributed by atoms with van der Waals surface area (Å²) < 4.78 is 11.1. The van der Waals surface area contributed by atoms with Gasteiger partial charge in [0.25, 0.3) is 0 Å². The van der Waals surface area contributed by atoms with E-state index in [0.29, 0.717) is 26.7 Å². The number of likely N-dealkylation sites (N-methyl/N-ethyl adjacent to an activating group) is 2. The Bertz CT molecular complexity index is 508. The Hall–Kier alpha value is -0.160. The second kappa shape index (κ2) is 35.0. The van der Waals surface area contributed by atoms with Crippen LogP contribution in [0.25, 0.3) is 0 Å². The second-order valence-corrected chi connectivity index (χ2v) is 9.80. The van der Waals surface area contributed by atoms with Crippen molar-refractivity contribution in [3.8, 4) is 0 Å². The molecule has 0 aromatic heterocycles. The number of halogens is 1. The SMILES string of the molecule is CCCCCCNCC(NC)OCNCC.CCCNCC(NC)NCOCC(C)C(=O)NC[NH+](CC)CC.I. The van der Waals surface area contributed by atoms with Crippen molar-refractivity contribution in [2.45, 2.75) is 86.0 Å². The van der Waals surface area contributed by atoms with Gasteiger partial charge in [0.1, 0.15) is 6.23 Å². The van der Waals surface area contributed by atoms with Crippen LogP contribution in [0.3, 0.4) is 0 Å². The van der Waals surface area contributed by atoms with E-state index in [1.165, 1.54) is 30.6 Å². The summed E-state index contributed by atoms with van der Waals surface area (Å²) in [7, 11) is 3.84. The summed E-state index contributed by atoms with van der Waals surface area (Å²) in [6.07, 6.45) is 6.61. The highest BCUT2D eigenvalue weighted by Crippen LogP contribution is 1.97. The van der Waals surface area contributed by atoms with Crippen molar-refractivity contribution in [2.24, 2.45) is 5.92 Å². The van der Waals surface area contributed by atoms with Crippen molar-refractivity contribution < 1.29 is 19.2 Å². The molecule has 0 fully saturated rings. The minimum absolute atomic E-state index is 0. The summed E-state index contributed by atoms with van der Waals surface area (Å²) in [6.45, 7) is 21.5. The molecular formula is C28H68IN8O3+. The summed E-state index contributed by atoms with van der Waals surface area (Å²) in [5, 5.41) is 22.5. The molecule has 0 aliphatic heterocycles. The molecule has 1 amide bonds. The Morgan fingerprint density at radius 2 is 1.52 bits per heavy atom. The monoisotopic (exact) mass is 691 g/mol. The van der Waals surface area contributed by atoms with E-state index in [9.17, 15) is 4.79 Å². The lowest BCUT2D eigenvalue weighted by Gasteiger charge is -2.20. The van der Waals surface area contributed by atoms with Crippen LogP contribution in [-0.2, 0) is 14.3 Å². The molecule has 244 valence electrons. The number of nitrogens with one attached hydrogen (secondary N) is 8. The third kappa shape index (κ3) is 29.3. The molecule has 11 nitrogen and oxygen atoms in total. The highest BCUT2D eigenvalue weighted by atomic mass is 127. The number of hydrogen-bond donors (Lipinski definition) is 8. The smallest absolute Gasteiger partial charge is 0.229 e. The van der Waals surface area contributed by atoms with Gasteiger partial charge in [-0.1, -0.05) is 47.0 Å². The molecule has 3 atom stereocenters. The van der Waals surface area contributed by atoms with Gasteiger partial charge >= 0.3 is 0 Å². The maximum Gasteiger partial charge on any atom is 0.229 e. The van der Waals surface area contributed by atoms with Crippen LogP contribution in [0.5, 0.6) is 0 Å². The molecule has 0 heterocycles.